The van der Waals surface area contributed by atoms with Crippen molar-refractivity contribution >= 4 is 23.4 Å². The summed E-state index contributed by atoms with van der Waals surface area (Å²) in [6.07, 6.45) is 4.06. The fourth-order valence-corrected chi connectivity index (χ4v) is 4.27. The third-order valence-electron chi connectivity index (χ3n) is 5.61. The SMILES string of the molecule is COc1cc(N2CCC(Oc3ccc(C4CC4)cc3)C2=O)ccc1OC[C@@H](O)CSC. The van der Waals surface area contributed by atoms with Gasteiger partial charge in [0.1, 0.15) is 12.4 Å². The second kappa shape index (κ2) is 9.83. The highest BCUT2D eigenvalue weighted by Crippen LogP contribution is 2.40. The number of amides is 1. The van der Waals surface area contributed by atoms with E-state index in [-0.39, 0.29) is 12.5 Å². The Morgan fingerprint density at radius 3 is 2.58 bits per heavy atom. The van der Waals surface area contributed by atoms with Crippen LogP contribution in [-0.4, -0.2) is 55.5 Å². The van der Waals surface area contributed by atoms with Crippen molar-refractivity contribution in [2.75, 3.05) is 37.2 Å². The number of aliphatic hydroxyl groups is 1. The first-order valence-electron chi connectivity index (χ1n) is 10.6. The van der Waals surface area contributed by atoms with Crippen LogP contribution in [0.3, 0.4) is 0 Å². The summed E-state index contributed by atoms with van der Waals surface area (Å²) in [4.78, 5) is 14.7. The molecular formula is C24H29NO5S. The molecule has 7 heteroatoms. The molecule has 166 valence electrons. The van der Waals surface area contributed by atoms with Gasteiger partial charge in [-0.15, -0.1) is 0 Å². The molecule has 2 aromatic rings. The van der Waals surface area contributed by atoms with E-state index < -0.39 is 12.2 Å². The predicted octanol–water partition coefficient (Wildman–Crippen LogP) is 3.86. The highest BCUT2D eigenvalue weighted by atomic mass is 32.2. The number of hydrogen-bond acceptors (Lipinski definition) is 6. The molecule has 1 unspecified atom stereocenters. The number of benzene rings is 2. The van der Waals surface area contributed by atoms with Crippen LogP contribution < -0.4 is 19.1 Å². The van der Waals surface area contributed by atoms with Gasteiger partial charge in [0.2, 0.25) is 0 Å². The van der Waals surface area contributed by atoms with Crippen LogP contribution in [0.4, 0.5) is 5.69 Å². The monoisotopic (exact) mass is 443 g/mol. The first-order chi connectivity index (χ1) is 15.1. The maximum atomic E-state index is 13.0. The molecule has 2 aromatic carbocycles. The lowest BCUT2D eigenvalue weighted by Crippen LogP contribution is -2.32. The van der Waals surface area contributed by atoms with Crippen LogP contribution >= 0.6 is 11.8 Å². The van der Waals surface area contributed by atoms with Gasteiger partial charge in [0.15, 0.2) is 17.6 Å². The summed E-state index contributed by atoms with van der Waals surface area (Å²) >= 11 is 1.56. The van der Waals surface area contributed by atoms with E-state index in [4.69, 9.17) is 14.2 Å². The van der Waals surface area contributed by atoms with Crippen molar-refractivity contribution in [2.24, 2.45) is 0 Å². The van der Waals surface area contributed by atoms with Crippen molar-refractivity contribution in [2.45, 2.75) is 37.4 Å². The van der Waals surface area contributed by atoms with Crippen LogP contribution in [0.2, 0.25) is 0 Å². The van der Waals surface area contributed by atoms with Crippen LogP contribution in [0.15, 0.2) is 42.5 Å². The molecule has 4 rings (SSSR count). The molecule has 1 heterocycles. The molecule has 1 N–H and O–H groups in total. The van der Waals surface area contributed by atoms with Crippen molar-refractivity contribution in [3.63, 3.8) is 0 Å². The molecule has 31 heavy (non-hydrogen) atoms. The average molecular weight is 444 g/mol. The fourth-order valence-electron chi connectivity index (χ4n) is 3.79. The Hall–Kier alpha value is -2.38. The van der Waals surface area contributed by atoms with Crippen molar-refractivity contribution in [3.8, 4) is 17.2 Å². The molecule has 2 atom stereocenters. The van der Waals surface area contributed by atoms with Gasteiger partial charge in [0, 0.05) is 30.5 Å². The van der Waals surface area contributed by atoms with E-state index in [2.05, 4.69) is 12.1 Å². The lowest BCUT2D eigenvalue weighted by atomic mass is 10.1. The van der Waals surface area contributed by atoms with E-state index >= 15 is 0 Å². The van der Waals surface area contributed by atoms with Crippen LogP contribution in [0.5, 0.6) is 17.2 Å². The molecule has 1 aliphatic carbocycles. The predicted molar refractivity (Wildman–Crippen MR) is 123 cm³/mol. The summed E-state index contributed by atoms with van der Waals surface area (Å²) in [5.41, 5.74) is 2.09. The Bertz CT molecular complexity index is 899. The molecule has 2 fully saturated rings. The molecule has 1 saturated carbocycles. The highest BCUT2D eigenvalue weighted by Gasteiger charge is 2.35. The summed E-state index contributed by atoms with van der Waals surface area (Å²) in [5.74, 6) is 3.05. The largest absolute Gasteiger partial charge is 0.493 e. The quantitative estimate of drug-likeness (QED) is 0.601. The van der Waals surface area contributed by atoms with Gasteiger partial charge in [-0.2, -0.15) is 11.8 Å². The first kappa shape index (κ1) is 21.8. The third kappa shape index (κ3) is 5.28. The maximum absolute atomic E-state index is 13.0. The van der Waals surface area contributed by atoms with E-state index in [9.17, 15) is 9.90 Å². The van der Waals surface area contributed by atoms with E-state index in [0.29, 0.717) is 36.1 Å². The van der Waals surface area contributed by atoms with Crippen molar-refractivity contribution in [3.05, 3.63) is 48.0 Å². The smallest absolute Gasteiger partial charge is 0.268 e. The first-order valence-corrected chi connectivity index (χ1v) is 12.0. The number of ether oxygens (including phenoxy) is 3. The second-order valence-corrected chi connectivity index (χ2v) is 8.89. The van der Waals surface area contributed by atoms with E-state index in [0.717, 1.165) is 11.4 Å². The van der Waals surface area contributed by atoms with Crippen LogP contribution in [-0.2, 0) is 4.79 Å². The molecule has 1 amide bonds. The van der Waals surface area contributed by atoms with Crippen molar-refractivity contribution in [1.82, 2.24) is 0 Å². The summed E-state index contributed by atoms with van der Waals surface area (Å²) < 4.78 is 17.1. The zero-order chi connectivity index (χ0) is 21.8. The summed E-state index contributed by atoms with van der Waals surface area (Å²) in [7, 11) is 1.56. The third-order valence-corrected chi connectivity index (χ3v) is 6.33. The number of anilines is 1. The lowest BCUT2D eigenvalue weighted by Gasteiger charge is -2.20. The zero-order valence-electron chi connectivity index (χ0n) is 18.0. The van der Waals surface area contributed by atoms with E-state index in [1.165, 1.54) is 18.4 Å². The van der Waals surface area contributed by atoms with Gasteiger partial charge in [-0.05, 0) is 54.8 Å². The van der Waals surface area contributed by atoms with E-state index in [1.54, 1.807) is 35.9 Å². The Morgan fingerprint density at radius 2 is 1.90 bits per heavy atom. The minimum Gasteiger partial charge on any atom is -0.493 e. The zero-order valence-corrected chi connectivity index (χ0v) is 18.8. The van der Waals surface area contributed by atoms with Crippen LogP contribution in [0.25, 0.3) is 0 Å². The van der Waals surface area contributed by atoms with Crippen molar-refractivity contribution in [1.29, 1.82) is 0 Å². The molecule has 0 bridgehead atoms. The van der Waals surface area contributed by atoms with Gasteiger partial charge in [-0.25, -0.2) is 0 Å². The summed E-state index contributed by atoms with van der Waals surface area (Å²) in [6.45, 7) is 0.772. The van der Waals surface area contributed by atoms with Gasteiger partial charge < -0.3 is 24.2 Å². The molecule has 0 aromatic heterocycles. The molecule has 2 aliphatic rings. The molecule has 1 saturated heterocycles. The molecule has 0 radical (unpaired) electrons. The Labute approximate surface area is 187 Å². The number of methoxy groups -OCH3 is 1. The average Bonchev–Trinajstić information content (AvgIpc) is 3.57. The topological polar surface area (TPSA) is 68.2 Å². The number of thioether (sulfide) groups is 1. The second-order valence-electron chi connectivity index (χ2n) is 7.98. The highest BCUT2D eigenvalue weighted by molar-refractivity contribution is 7.98. The number of hydrogen-bond donors (Lipinski definition) is 1. The number of carbonyl (C=O) groups is 1. The minimum absolute atomic E-state index is 0.0580. The number of rotatable bonds is 10. The molecule has 6 nitrogen and oxygen atoms in total. The molecular weight excluding hydrogens is 414 g/mol. The number of carbonyl (C=O) groups excluding carboxylic acids is 1. The normalized spacial score (nSPS) is 19.4. The molecule has 0 spiro atoms. The maximum Gasteiger partial charge on any atom is 0.268 e. The van der Waals surface area contributed by atoms with Gasteiger partial charge in [0.05, 0.1) is 13.2 Å². The van der Waals surface area contributed by atoms with Gasteiger partial charge >= 0.3 is 0 Å². The Kier molecular flexibility index (Phi) is 6.92. The minimum atomic E-state index is -0.546. The van der Waals surface area contributed by atoms with E-state index in [1.807, 2.05) is 24.5 Å². The standard InChI is InChI=1S/C24H29NO5S/c1-28-23-13-18(7-10-21(23)29-14-19(26)15-31-2)25-12-11-22(24(25)27)30-20-8-5-17(6-9-20)16-3-4-16/h5-10,13,16,19,22,26H,3-4,11-12,14-15H2,1-2H3/t19-,22?/m1/s1. The van der Waals surface area contributed by atoms with Crippen molar-refractivity contribution < 1.29 is 24.1 Å². The number of nitrogens with zero attached hydrogens (tertiary/aromatic N) is 1. The summed E-state index contributed by atoms with van der Waals surface area (Å²) in [5, 5.41) is 9.88. The van der Waals surface area contributed by atoms with Gasteiger partial charge in [0.25, 0.3) is 5.91 Å². The van der Waals surface area contributed by atoms with Crippen LogP contribution in [0.1, 0.15) is 30.7 Å². The molecule has 1 aliphatic heterocycles. The fraction of sp³-hybridized carbons (Fsp3) is 0.458. The number of aliphatic hydroxyl groups excluding tert-OH is 1. The van der Waals surface area contributed by atoms with Gasteiger partial charge in [-0.3, -0.25) is 4.79 Å². The summed E-state index contributed by atoms with van der Waals surface area (Å²) in [6, 6.07) is 13.5. The van der Waals surface area contributed by atoms with Gasteiger partial charge in [-0.1, -0.05) is 12.1 Å². The Balaban J connectivity index is 1.39. The lowest BCUT2D eigenvalue weighted by molar-refractivity contribution is -0.122. The Morgan fingerprint density at radius 1 is 1.13 bits per heavy atom. The van der Waals surface area contributed by atoms with Crippen LogP contribution in [0, 0.1) is 0 Å².